The molecule has 0 aliphatic heterocycles. The van der Waals surface area contributed by atoms with Gasteiger partial charge in [0.15, 0.2) is 0 Å². The average Bonchev–Trinajstić information content (AvgIpc) is 3.29. The third-order valence-electron chi connectivity index (χ3n) is 13.1. The highest BCUT2D eigenvalue weighted by atomic mass is 16.5. The number of esters is 2. The van der Waals surface area contributed by atoms with Crippen LogP contribution >= 0.6 is 0 Å². The van der Waals surface area contributed by atoms with Crippen molar-refractivity contribution in [1.29, 1.82) is 0 Å². The SMILES string of the molecule is CCCCCCC(CCCCCC)COC(=O)CCCCCCCNC(=O)CCN(C)CCCN(C)CCC(=O)NCCCCCCCC(=O)OCC(CCCCCC)CCCCCC. The summed E-state index contributed by atoms with van der Waals surface area (Å²) in [5, 5.41) is 6.14. The van der Waals surface area contributed by atoms with Gasteiger partial charge in [0, 0.05) is 51.9 Å². The molecule has 0 atom stereocenters. The molecule has 2 amide bonds. The number of amides is 2. The molecule has 0 fully saturated rings. The third kappa shape index (κ3) is 45.4. The van der Waals surface area contributed by atoms with Gasteiger partial charge in [0.25, 0.3) is 0 Å². The van der Waals surface area contributed by atoms with Crippen LogP contribution in [0.15, 0.2) is 0 Å². The van der Waals surface area contributed by atoms with Crippen molar-refractivity contribution in [1.82, 2.24) is 20.4 Å². The van der Waals surface area contributed by atoms with Crippen LogP contribution < -0.4 is 10.6 Å². The first-order valence-corrected chi connectivity index (χ1v) is 27.9. The minimum atomic E-state index is -0.0388. The van der Waals surface area contributed by atoms with E-state index in [1.54, 1.807) is 0 Å². The van der Waals surface area contributed by atoms with Gasteiger partial charge in [-0.15, -0.1) is 0 Å². The number of nitrogens with one attached hydrogen (secondary N) is 2. The monoisotopic (exact) mass is 921 g/mol. The molecule has 10 nitrogen and oxygen atoms in total. The lowest BCUT2D eigenvalue weighted by Gasteiger charge is -2.20. The van der Waals surface area contributed by atoms with Crippen molar-refractivity contribution in [3.05, 3.63) is 0 Å². The molecule has 0 spiro atoms. The van der Waals surface area contributed by atoms with E-state index < -0.39 is 0 Å². The maximum absolute atomic E-state index is 12.4. The molecule has 0 saturated heterocycles. The van der Waals surface area contributed by atoms with Gasteiger partial charge in [-0.05, 0) is 96.8 Å². The van der Waals surface area contributed by atoms with Gasteiger partial charge in [0.05, 0.1) is 13.2 Å². The van der Waals surface area contributed by atoms with Crippen LogP contribution in [-0.4, -0.2) is 100 Å². The number of rotatable bonds is 50. The van der Waals surface area contributed by atoms with Crippen molar-refractivity contribution in [2.24, 2.45) is 11.8 Å². The van der Waals surface area contributed by atoms with Gasteiger partial charge in [0.1, 0.15) is 0 Å². The van der Waals surface area contributed by atoms with Crippen molar-refractivity contribution < 1.29 is 28.7 Å². The van der Waals surface area contributed by atoms with Crippen LogP contribution in [-0.2, 0) is 28.7 Å². The number of nitrogens with zero attached hydrogens (tertiary/aromatic N) is 2. The van der Waals surface area contributed by atoms with E-state index in [2.05, 4.69) is 62.2 Å². The third-order valence-corrected chi connectivity index (χ3v) is 13.1. The molecule has 0 aromatic carbocycles. The Morgan fingerprint density at radius 1 is 0.369 bits per heavy atom. The number of carbonyl (C=O) groups excluding carboxylic acids is 4. The fourth-order valence-corrected chi connectivity index (χ4v) is 8.53. The summed E-state index contributed by atoms with van der Waals surface area (Å²) in [6.45, 7) is 14.9. The second kappa shape index (κ2) is 48.3. The molecule has 0 aliphatic carbocycles. The van der Waals surface area contributed by atoms with Crippen LogP contribution in [0.2, 0.25) is 0 Å². The summed E-state index contributed by atoms with van der Waals surface area (Å²) >= 11 is 0. The largest absolute Gasteiger partial charge is 0.465 e. The van der Waals surface area contributed by atoms with Gasteiger partial charge < -0.3 is 29.9 Å². The van der Waals surface area contributed by atoms with Crippen molar-refractivity contribution in [2.45, 2.75) is 252 Å². The molecule has 0 aromatic rings. The maximum Gasteiger partial charge on any atom is 0.305 e. The summed E-state index contributed by atoms with van der Waals surface area (Å²) in [6, 6.07) is 0. The standard InChI is InChI=1S/C55H108N4O6/c1-7-11-15-25-34-50(35-26-16-12-8-2)48-64-54(62)38-29-21-19-23-31-42-56-52(60)40-46-58(5)44-33-45-59(6)47-41-53(61)57-43-32-24-20-22-30-39-55(63)65-49-51(36-27-17-13-9-3)37-28-18-14-10-4/h50-51H,7-49H2,1-6H3,(H,56,60)(H,57,61). The molecule has 0 rings (SSSR count). The van der Waals surface area contributed by atoms with E-state index in [1.165, 1.54) is 128 Å². The van der Waals surface area contributed by atoms with Gasteiger partial charge in [-0.1, -0.05) is 169 Å². The summed E-state index contributed by atoms with van der Waals surface area (Å²) in [5.41, 5.74) is 0. The summed E-state index contributed by atoms with van der Waals surface area (Å²) in [5.74, 6) is 1.16. The molecule has 0 aromatic heterocycles. The molecular weight excluding hydrogens is 813 g/mol. The first kappa shape index (κ1) is 62.8. The van der Waals surface area contributed by atoms with Crippen LogP contribution in [0.25, 0.3) is 0 Å². The van der Waals surface area contributed by atoms with Crippen molar-refractivity contribution in [3.8, 4) is 0 Å². The zero-order valence-corrected chi connectivity index (χ0v) is 43.9. The van der Waals surface area contributed by atoms with Gasteiger partial charge >= 0.3 is 11.9 Å². The lowest BCUT2D eigenvalue weighted by Crippen LogP contribution is -2.32. The van der Waals surface area contributed by atoms with E-state index in [9.17, 15) is 19.2 Å². The molecule has 0 bridgehead atoms. The molecule has 0 unspecified atom stereocenters. The number of hydrogen-bond acceptors (Lipinski definition) is 8. The van der Waals surface area contributed by atoms with E-state index in [4.69, 9.17) is 9.47 Å². The highest BCUT2D eigenvalue weighted by Crippen LogP contribution is 2.21. The van der Waals surface area contributed by atoms with Crippen LogP contribution in [0.5, 0.6) is 0 Å². The van der Waals surface area contributed by atoms with Crippen molar-refractivity contribution in [3.63, 3.8) is 0 Å². The summed E-state index contributed by atoms with van der Waals surface area (Å²) in [4.78, 5) is 54.0. The Balaban J connectivity index is 3.83. The molecule has 384 valence electrons. The van der Waals surface area contributed by atoms with Crippen LogP contribution in [0, 0.1) is 11.8 Å². The van der Waals surface area contributed by atoms with Crippen LogP contribution in [0.3, 0.4) is 0 Å². The lowest BCUT2D eigenvalue weighted by atomic mass is 9.95. The highest BCUT2D eigenvalue weighted by Gasteiger charge is 2.14. The fraction of sp³-hybridized carbons (Fsp3) is 0.927. The van der Waals surface area contributed by atoms with Crippen LogP contribution in [0.4, 0.5) is 0 Å². The number of hydrogen-bond donors (Lipinski definition) is 2. The Hall–Kier alpha value is -2.20. The predicted octanol–water partition coefficient (Wildman–Crippen LogP) is 13.1. The van der Waals surface area contributed by atoms with Gasteiger partial charge in [-0.2, -0.15) is 0 Å². The Labute approximate surface area is 402 Å². The molecule has 0 aliphatic rings. The number of ether oxygens (including phenoxy) is 2. The minimum absolute atomic E-state index is 0.0388. The quantitative estimate of drug-likeness (QED) is 0.0458. The van der Waals surface area contributed by atoms with Crippen molar-refractivity contribution >= 4 is 23.8 Å². The Morgan fingerprint density at radius 3 is 1.02 bits per heavy atom. The Morgan fingerprint density at radius 2 is 0.677 bits per heavy atom. The second-order valence-corrected chi connectivity index (χ2v) is 19.7. The summed E-state index contributed by atoms with van der Waals surface area (Å²) in [7, 11) is 4.13. The first-order chi connectivity index (χ1) is 31.6. The van der Waals surface area contributed by atoms with E-state index in [0.29, 0.717) is 63.8 Å². The molecule has 2 N–H and O–H groups in total. The van der Waals surface area contributed by atoms with E-state index in [-0.39, 0.29) is 23.8 Å². The summed E-state index contributed by atoms with van der Waals surface area (Å²) < 4.78 is 11.4. The highest BCUT2D eigenvalue weighted by molar-refractivity contribution is 5.76. The van der Waals surface area contributed by atoms with Gasteiger partial charge in [-0.3, -0.25) is 19.2 Å². The molecular formula is C55H108N4O6. The Bertz CT molecular complexity index is 986. The van der Waals surface area contributed by atoms with E-state index in [0.717, 1.165) is 96.8 Å². The summed E-state index contributed by atoms with van der Waals surface area (Å²) in [6.07, 6.45) is 38.1. The zero-order chi connectivity index (χ0) is 47.9. The van der Waals surface area contributed by atoms with Gasteiger partial charge in [-0.25, -0.2) is 0 Å². The van der Waals surface area contributed by atoms with Gasteiger partial charge in [0.2, 0.25) is 11.8 Å². The molecule has 0 radical (unpaired) electrons. The predicted molar refractivity (Wildman–Crippen MR) is 274 cm³/mol. The van der Waals surface area contributed by atoms with E-state index >= 15 is 0 Å². The fourth-order valence-electron chi connectivity index (χ4n) is 8.53. The molecule has 65 heavy (non-hydrogen) atoms. The molecule has 10 heteroatoms. The number of unbranched alkanes of at least 4 members (excludes halogenated alkanes) is 20. The maximum atomic E-state index is 12.4. The second-order valence-electron chi connectivity index (χ2n) is 19.7. The number of carbonyl (C=O) groups is 4. The first-order valence-electron chi connectivity index (χ1n) is 27.9. The molecule has 0 heterocycles. The smallest absolute Gasteiger partial charge is 0.305 e. The topological polar surface area (TPSA) is 117 Å². The van der Waals surface area contributed by atoms with Crippen LogP contribution in [0.1, 0.15) is 252 Å². The zero-order valence-electron chi connectivity index (χ0n) is 43.9. The molecule has 0 saturated carbocycles. The average molecular weight is 921 g/mol. The lowest BCUT2D eigenvalue weighted by molar-refractivity contribution is -0.146. The Kier molecular flexibility index (Phi) is 46.6. The van der Waals surface area contributed by atoms with E-state index in [1.807, 2.05) is 0 Å². The van der Waals surface area contributed by atoms with Crippen molar-refractivity contribution in [2.75, 3.05) is 66.6 Å². The minimum Gasteiger partial charge on any atom is -0.465 e. The normalized spacial score (nSPS) is 11.6.